The van der Waals surface area contributed by atoms with Gasteiger partial charge >= 0.3 is 0 Å². The lowest BCUT2D eigenvalue weighted by Gasteiger charge is -2.23. The minimum absolute atomic E-state index is 1.11. The zero-order valence-corrected chi connectivity index (χ0v) is 11.5. The molecule has 0 saturated carbocycles. The number of hydrogen-bond donors (Lipinski definition) is 0. The predicted octanol–water partition coefficient (Wildman–Crippen LogP) is 4.87. The van der Waals surface area contributed by atoms with E-state index in [1.165, 1.54) is 50.8 Å². The van der Waals surface area contributed by atoms with E-state index in [2.05, 4.69) is 49.1 Å². The summed E-state index contributed by atoms with van der Waals surface area (Å²) in [4.78, 5) is 2.47. The zero-order valence-electron chi connectivity index (χ0n) is 11.5. The van der Waals surface area contributed by atoms with E-state index >= 15 is 0 Å². The van der Waals surface area contributed by atoms with E-state index in [0.717, 1.165) is 6.54 Å². The molecule has 0 unspecified atom stereocenters. The number of benzene rings is 1. The lowest BCUT2D eigenvalue weighted by molar-refractivity contribution is 0.601. The number of rotatable bonds is 9. The van der Waals surface area contributed by atoms with Gasteiger partial charge in [0.2, 0.25) is 0 Å². The van der Waals surface area contributed by atoms with Crippen LogP contribution in [0.1, 0.15) is 52.4 Å². The third kappa shape index (κ3) is 5.76. The van der Waals surface area contributed by atoms with Crippen molar-refractivity contribution in [2.45, 2.75) is 52.4 Å². The van der Waals surface area contributed by atoms with Crippen molar-refractivity contribution in [1.82, 2.24) is 0 Å². The molecule has 1 heteroatoms. The number of hydrogen-bond acceptors (Lipinski definition) is 1. The Hall–Kier alpha value is -0.980. The molecule has 0 fully saturated rings. The van der Waals surface area contributed by atoms with Crippen molar-refractivity contribution in [3.05, 3.63) is 30.3 Å². The highest BCUT2D eigenvalue weighted by Crippen LogP contribution is 2.14. The highest BCUT2D eigenvalue weighted by molar-refractivity contribution is 5.45. The molecule has 0 saturated heterocycles. The molecule has 17 heavy (non-hydrogen) atoms. The Morgan fingerprint density at radius 1 is 0.824 bits per heavy atom. The normalized spacial score (nSPS) is 10.5. The van der Waals surface area contributed by atoms with Crippen molar-refractivity contribution in [1.29, 1.82) is 0 Å². The first-order valence-corrected chi connectivity index (χ1v) is 7.18. The van der Waals surface area contributed by atoms with Gasteiger partial charge in [0.1, 0.15) is 0 Å². The Balaban J connectivity index is 2.20. The Labute approximate surface area is 107 Å². The quantitative estimate of drug-likeness (QED) is 0.550. The smallest absolute Gasteiger partial charge is 0.0366 e. The average molecular weight is 233 g/mol. The van der Waals surface area contributed by atoms with Crippen LogP contribution >= 0.6 is 0 Å². The van der Waals surface area contributed by atoms with Crippen LogP contribution in [0.4, 0.5) is 5.69 Å². The molecule has 0 aromatic heterocycles. The van der Waals surface area contributed by atoms with Crippen molar-refractivity contribution >= 4 is 5.69 Å². The minimum atomic E-state index is 1.11. The second-order valence-electron chi connectivity index (χ2n) is 4.68. The summed E-state index contributed by atoms with van der Waals surface area (Å²) >= 11 is 0. The summed E-state index contributed by atoms with van der Waals surface area (Å²) in [6.45, 7) is 6.82. The Kier molecular flexibility index (Phi) is 7.53. The van der Waals surface area contributed by atoms with Gasteiger partial charge in [-0.15, -0.1) is 0 Å². The van der Waals surface area contributed by atoms with Gasteiger partial charge in [-0.1, -0.05) is 57.2 Å². The van der Waals surface area contributed by atoms with Gasteiger partial charge in [-0.3, -0.25) is 0 Å². The van der Waals surface area contributed by atoms with Gasteiger partial charge in [0.25, 0.3) is 0 Å². The van der Waals surface area contributed by atoms with Crippen LogP contribution in [0.5, 0.6) is 0 Å². The van der Waals surface area contributed by atoms with Gasteiger partial charge in [-0.2, -0.15) is 0 Å². The first-order chi connectivity index (χ1) is 8.38. The Morgan fingerprint density at radius 3 is 2.12 bits per heavy atom. The fraction of sp³-hybridized carbons (Fsp3) is 0.625. The molecule has 96 valence electrons. The summed E-state index contributed by atoms with van der Waals surface area (Å²) in [7, 11) is 0. The van der Waals surface area contributed by atoms with Crippen LogP contribution in [0.2, 0.25) is 0 Å². The lowest BCUT2D eigenvalue weighted by atomic mass is 10.1. The topological polar surface area (TPSA) is 3.24 Å². The van der Waals surface area contributed by atoms with Crippen molar-refractivity contribution in [3.8, 4) is 0 Å². The van der Waals surface area contributed by atoms with Gasteiger partial charge < -0.3 is 4.90 Å². The zero-order chi connectivity index (χ0) is 12.3. The SMILES string of the molecule is CCCCCCCCN(CC)c1ccccc1. The summed E-state index contributed by atoms with van der Waals surface area (Å²) < 4.78 is 0. The van der Waals surface area contributed by atoms with Crippen LogP contribution in [0.15, 0.2) is 30.3 Å². The van der Waals surface area contributed by atoms with E-state index in [0.29, 0.717) is 0 Å². The second kappa shape index (κ2) is 9.09. The van der Waals surface area contributed by atoms with Crippen molar-refractivity contribution in [3.63, 3.8) is 0 Å². The number of unbranched alkanes of at least 4 members (excludes halogenated alkanes) is 5. The standard InChI is InChI=1S/C16H27N/c1-3-5-6-7-8-12-15-17(4-2)16-13-10-9-11-14-16/h9-11,13-14H,3-8,12,15H2,1-2H3. The second-order valence-corrected chi connectivity index (χ2v) is 4.68. The molecule has 1 rings (SSSR count). The molecule has 0 bridgehead atoms. The number of anilines is 1. The van der Waals surface area contributed by atoms with Crippen LogP contribution in [-0.4, -0.2) is 13.1 Å². The van der Waals surface area contributed by atoms with E-state index in [9.17, 15) is 0 Å². The largest absolute Gasteiger partial charge is 0.372 e. The fourth-order valence-electron chi connectivity index (χ4n) is 2.19. The number of nitrogens with zero attached hydrogens (tertiary/aromatic N) is 1. The van der Waals surface area contributed by atoms with Crippen LogP contribution in [-0.2, 0) is 0 Å². The van der Waals surface area contributed by atoms with Gasteiger partial charge in [-0.05, 0) is 25.5 Å². The lowest BCUT2D eigenvalue weighted by Crippen LogP contribution is -2.23. The maximum atomic E-state index is 2.47. The van der Waals surface area contributed by atoms with E-state index in [1.807, 2.05) is 0 Å². The molecule has 0 N–H and O–H groups in total. The summed E-state index contributed by atoms with van der Waals surface area (Å²) in [5.41, 5.74) is 1.36. The molecule has 1 aromatic carbocycles. The van der Waals surface area contributed by atoms with Gasteiger partial charge in [0.05, 0.1) is 0 Å². The van der Waals surface area contributed by atoms with Crippen LogP contribution < -0.4 is 4.90 Å². The Bertz CT molecular complexity index is 268. The summed E-state index contributed by atoms with van der Waals surface area (Å²) in [5.74, 6) is 0. The number of para-hydroxylation sites is 1. The minimum Gasteiger partial charge on any atom is -0.372 e. The molecule has 0 amide bonds. The van der Waals surface area contributed by atoms with Crippen LogP contribution in [0, 0.1) is 0 Å². The first kappa shape index (κ1) is 14.1. The fourth-order valence-corrected chi connectivity index (χ4v) is 2.19. The molecule has 0 aliphatic carbocycles. The van der Waals surface area contributed by atoms with Crippen LogP contribution in [0.3, 0.4) is 0 Å². The van der Waals surface area contributed by atoms with Crippen LogP contribution in [0.25, 0.3) is 0 Å². The van der Waals surface area contributed by atoms with E-state index < -0.39 is 0 Å². The van der Waals surface area contributed by atoms with E-state index in [1.54, 1.807) is 0 Å². The van der Waals surface area contributed by atoms with Gasteiger partial charge in [-0.25, -0.2) is 0 Å². The van der Waals surface area contributed by atoms with E-state index in [4.69, 9.17) is 0 Å². The molecule has 0 aliphatic heterocycles. The Morgan fingerprint density at radius 2 is 1.47 bits per heavy atom. The van der Waals surface area contributed by atoms with Gasteiger partial charge in [0.15, 0.2) is 0 Å². The molecule has 0 heterocycles. The summed E-state index contributed by atoms with van der Waals surface area (Å²) in [5, 5.41) is 0. The van der Waals surface area contributed by atoms with Crippen molar-refractivity contribution < 1.29 is 0 Å². The maximum absolute atomic E-state index is 2.47. The average Bonchev–Trinajstić information content (AvgIpc) is 2.39. The molecule has 1 aromatic rings. The molecule has 1 nitrogen and oxygen atoms in total. The monoisotopic (exact) mass is 233 g/mol. The third-order valence-corrected chi connectivity index (χ3v) is 3.28. The highest BCUT2D eigenvalue weighted by Gasteiger charge is 2.02. The summed E-state index contributed by atoms with van der Waals surface area (Å²) in [6, 6.07) is 10.8. The molecular formula is C16H27N. The molecule has 0 atom stereocenters. The molecule has 0 radical (unpaired) electrons. The maximum Gasteiger partial charge on any atom is 0.0366 e. The summed E-state index contributed by atoms with van der Waals surface area (Å²) in [6.07, 6.45) is 8.26. The predicted molar refractivity (Wildman–Crippen MR) is 77.7 cm³/mol. The van der Waals surface area contributed by atoms with Crippen molar-refractivity contribution in [2.24, 2.45) is 0 Å². The molecular weight excluding hydrogens is 206 g/mol. The molecule has 0 aliphatic rings. The third-order valence-electron chi connectivity index (χ3n) is 3.28. The van der Waals surface area contributed by atoms with E-state index in [-0.39, 0.29) is 0 Å². The van der Waals surface area contributed by atoms with Crippen molar-refractivity contribution in [2.75, 3.05) is 18.0 Å². The van der Waals surface area contributed by atoms with Gasteiger partial charge in [0, 0.05) is 18.8 Å². The highest BCUT2D eigenvalue weighted by atomic mass is 15.1. The first-order valence-electron chi connectivity index (χ1n) is 7.18. The molecule has 0 spiro atoms.